The highest BCUT2D eigenvalue weighted by Gasteiger charge is 2.36. The van der Waals surface area contributed by atoms with Gasteiger partial charge in [-0.25, -0.2) is 14.3 Å². The number of hydrogen-bond donors (Lipinski definition) is 4. The number of aromatic nitrogens is 5. The van der Waals surface area contributed by atoms with Gasteiger partial charge in [0.15, 0.2) is 11.5 Å². The monoisotopic (exact) mass is 606 g/mol. The summed E-state index contributed by atoms with van der Waals surface area (Å²) in [6.07, 6.45) is 7.71. The molecule has 0 aliphatic heterocycles. The number of carbonyl (C=O) groups excluding carboxylic acids is 2. The van der Waals surface area contributed by atoms with Gasteiger partial charge in [0.05, 0.1) is 11.0 Å². The lowest BCUT2D eigenvalue weighted by atomic mass is 9.81. The number of fused-ring (bicyclic) bond motifs is 2. The van der Waals surface area contributed by atoms with E-state index in [0.29, 0.717) is 47.9 Å². The lowest BCUT2D eigenvalue weighted by Crippen LogP contribution is -2.52. The summed E-state index contributed by atoms with van der Waals surface area (Å²) in [5.41, 5.74) is 18.2. The number of aryl methyl sites for hydroxylation is 1. The summed E-state index contributed by atoms with van der Waals surface area (Å²) in [5, 5.41) is 4.70. The van der Waals surface area contributed by atoms with E-state index in [2.05, 4.69) is 23.0 Å². The third kappa shape index (κ3) is 5.75. The Hall–Kier alpha value is -4.77. The fraction of sp³-hybridized carbons (Fsp3) is 0.382. The van der Waals surface area contributed by atoms with Gasteiger partial charge in [-0.3, -0.25) is 14.5 Å². The summed E-state index contributed by atoms with van der Waals surface area (Å²) in [4.78, 5) is 51.0. The molecule has 3 aromatic heterocycles. The molecule has 2 aromatic carbocycles. The van der Waals surface area contributed by atoms with Crippen molar-refractivity contribution in [1.29, 1.82) is 0 Å². The molecule has 3 heterocycles. The molecule has 6 N–H and O–H groups in total. The van der Waals surface area contributed by atoms with Gasteiger partial charge in [0.1, 0.15) is 6.04 Å². The Kier molecular flexibility index (Phi) is 7.48. The second-order valence-electron chi connectivity index (χ2n) is 12.7. The van der Waals surface area contributed by atoms with Gasteiger partial charge >= 0.3 is 5.69 Å². The van der Waals surface area contributed by atoms with Crippen LogP contribution in [0.3, 0.4) is 0 Å². The molecule has 45 heavy (non-hydrogen) atoms. The fourth-order valence-electron chi connectivity index (χ4n) is 6.69. The van der Waals surface area contributed by atoms with Crippen LogP contribution < -0.4 is 22.1 Å². The molecule has 2 fully saturated rings. The number of rotatable bonds is 9. The van der Waals surface area contributed by atoms with E-state index in [9.17, 15) is 14.4 Å². The van der Waals surface area contributed by atoms with Crippen LogP contribution in [0.4, 0.5) is 5.69 Å². The largest absolute Gasteiger partial charge is 0.368 e. The summed E-state index contributed by atoms with van der Waals surface area (Å²) in [7, 11) is 0. The van der Waals surface area contributed by atoms with Crippen LogP contribution in [0.2, 0.25) is 0 Å². The Bertz CT molecular complexity index is 1940. The van der Waals surface area contributed by atoms with Gasteiger partial charge in [0.25, 0.3) is 0 Å². The fourth-order valence-corrected chi connectivity index (χ4v) is 6.69. The van der Waals surface area contributed by atoms with Crippen LogP contribution in [0.5, 0.6) is 0 Å². The molecule has 11 nitrogen and oxygen atoms in total. The predicted molar refractivity (Wildman–Crippen MR) is 173 cm³/mol. The maximum Gasteiger partial charge on any atom is 0.323 e. The average Bonchev–Trinajstić information content (AvgIpc) is 3.70. The number of nitrogens with zero attached hydrogens (tertiary/aromatic N) is 4. The van der Waals surface area contributed by atoms with E-state index >= 15 is 0 Å². The van der Waals surface area contributed by atoms with Crippen molar-refractivity contribution in [1.82, 2.24) is 24.6 Å². The molecule has 0 bridgehead atoms. The van der Waals surface area contributed by atoms with Gasteiger partial charge in [-0.15, -0.1) is 0 Å². The number of H-pyrrole nitrogens is 2. The first kappa shape index (κ1) is 29.0. The van der Waals surface area contributed by atoms with Crippen LogP contribution in [-0.2, 0) is 16.0 Å². The zero-order valence-electron chi connectivity index (χ0n) is 25.3. The summed E-state index contributed by atoms with van der Waals surface area (Å²) in [6, 6.07) is 14.4. The van der Waals surface area contributed by atoms with Gasteiger partial charge in [-0.2, -0.15) is 5.10 Å². The first-order chi connectivity index (χ1) is 21.8. The van der Waals surface area contributed by atoms with E-state index in [0.717, 1.165) is 59.4 Å². The number of pyridine rings is 1. The molecule has 2 saturated carbocycles. The minimum atomic E-state index is -0.923. The predicted octanol–water partition coefficient (Wildman–Crippen LogP) is 3.95. The summed E-state index contributed by atoms with van der Waals surface area (Å²) in [6.45, 7) is 2.67. The van der Waals surface area contributed by atoms with Crippen molar-refractivity contribution in [2.24, 2.45) is 23.3 Å². The first-order valence-electron chi connectivity index (χ1n) is 15.8. The van der Waals surface area contributed by atoms with Gasteiger partial charge in [0.2, 0.25) is 11.8 Å². The highest BCUT2D eigenvalue weighted by atomic mass is 16.2. The van der Waals surface area contributed by atoms with E-state index in [1.54, 1.807) is 23.1 Å². The summed E-state index contributed by atoms with van der Waals surface area (Å²) < 4.78 is 1.85. The highest BCUT2D eigenvalue weighted by molar-refractivity contribution is 6.02. The second-order valence-corrected chi connectivity index (χ2v) is 12.7. The quantitative estimate of drug-likeness (QED) is 0.198. The van der Waals surface area contributed by atoms with Gasteiger partial charge in [-0.05, 0) is 98.9 Å². The molecule has 0 radical (unpaired) electrons. The van der Waals surface area contributed by atoms with Crippen molar-refractivity contribution in [3.63, 3.8) is 0 Å². The molecule has 1 atom stereocenters. The van der Waals surface area contributed by atoms with E-state index in [1.807, 2.05) is 35.0 Å². The van der Waals surface area contributed by atoms with Crippen molar-refractivity contribution < 1.29 is 9.59 Å². The zero-order chi connectivity index (χ0) is 31.2. The van der Waals surface area contributed by atoms with Crippen molar-refractivity contribution in [3.8, 4) is 11.1 Å². The lowest BCUT2D eigenvalue weighted by Gasteiger charge is -2.35. The maximum atomic E-state index is 14.2. The third-order valence-corrected chi connectivity index (χ3v) is 9.52. The molecule has 0 saturated heterocycles. The van der Waals surface area contributed by atoms with Crippen LogP contribution in [-0.4, -0.2) is 49.0 Å². The number of carbonyl (C=O) groups is 2. The maximum absolute atomic E-state index is 14.2. The van der Waals surface area contributed by atoms with E-state index in [1.165, 1.54) is 0 Å². The molecule has 232 valence electrons. The molecule has 2 amide bonds. The smallest absolute Gasteiger partial charge is 0.323 e. The average molecular weight is 607 g/mol. The first-order valence-corrected chi connectivity index (χ1v) is 15.8. The number of nitrogens with two attached hydrogens (primary N) is 2. The molecule has 7 rings (SSSR count). The molecule has 2 aliphatic rings. The number of benzene rings is 2. The van der Waals surface area contributed by atoms with Crippen LogP contribution in [0.25, 0.3) is 27.8 Å². The molecule has 5 aromatic rings. The van der Waals surface area contributed by atoms with Crippen molar-refractivity contribution in [2.75, 3.05) is 11.4 Å². The Morgan fingerprint density at radius 3 is 2.42 bits per heavy atom. The van der Waals surface area contributed by atoms with Crippen molar-refractivity contribution in [3.05, 3.63) is 82.2 Å². The van der Waals surface area contributed by atoms with Gasteiger partial charge in [-0.1, -0.05) is 24.3 Å². The van der Waals surface area contributed by atoms with E-state index < -0.39 is 11.9 Å². The van der Waals surface area contributed by atoms with E-state index in [4.69, 9.17) is 21.5 Å². The molecule has 0 unspecified atom stereocenters. The topological polar surface area (TPSA) is 168 Å². The van der Waals surface area contributed by atoms with E-state index in [-0.39, 0.29) is 23.9 Å². The molecule has 2 aliphatic carbocycles. The number of anilines is 1. The minimum Gasteiger partial charge on any atom is -0.368 e. The number of primary amides is 1. The summed E-state index contributed by atoms with van der Waals surface area (Å²) in [5.74, 6) is 0.824. The lowest BCUT2D eigenvalue weighted by molar-refractivity contribution is -0.127. The zero-order valence-corrected chi connectivity index (χ0v) is 25.3. The summed E-state index contributed by atoms with van der Waals surface area (Å²) >= 11 is 0. The van der Waals surface area contributed by atoms with Gasteiger partial charge < -0.3 is 21.4 Å². The Balaban J connectivity index is 1.19. The standard InChI is InChI=1S/C34H38N8O3/c1-19-14-30-39-32(23-10-11-23)40-41(30)18-26(19)22-6-2-20(3-7-22)15-29(31(36)43)42(33(44)24-8-4-21(17-35)5-9-24)25-12-13-27-28(16-25)38-34(45)37-27/h2-3,6-7,12-14,16,18,21,23-24,29H,4-5,8-11,15,17,35H2,1H3,(H2,36,43)(H2,37,38,45)/t21?,24?,29-/m0/s1. The Morgan fingerprint density at radius 2 is 1.73 bits per heavy atom. The normalized spacial score (nSPS) is 19.2. The number of nitrogens with one attached hydrogen (secondary N) is 2. The number of hydrogen-bond acceptors (Lipinski definition) is 6. The molecular weight excluding hydrogens is 568 g/mol. The third-order valence-electron chi connectivity index (χ3n) is 9.52. The Labute approximate surface area is 260 Å². The van der Waals surface area contributed by atoms with Crippen molar-refractivity contribution >= 4 is 34.2 Å². The SMILES string of the molecule is Cc1cc2nc(C3CC3)nn2cc1-c1ccc(C[C@@H](C(N)=O)N(C(=O)C2CCC(CN)CC2)c2ccc3[nH]c(=O)[nH]c3c2)cc1. The molecule has 11 heteroatoms. The number of imidazole rings is 1. The van der Waals surface area contributed by atoms with Crippen LogP contribution in [0, 0.1) is 18.8 Å². The number of amides is 2. The van der Waals surface area contributed by atoms with Crippen molar-refractivity contribution in [2.45, 2.75) is 63.8 Å². The van der Waals surface area contributed by atoms with Crippen LogP contribution in [0.1, 0.15) is 61.4 Å². The van der Waals surface area contributed by atoms with Crippen LogP contribution in [0.15, 0.2) is 59.5 Å². The highest BCUT2D eigenvalue weighted by Crippen LogP contribution is 2.38. The minimum absolute atomic E-state index is 0.134. The second kappa shape index (κ2) is 11.6. The molecular formula is C34H38N8O3. The number of aromatic amines is 2. The Morgan fingerprint density at radius 1 is 1.00 bits per heavy atom. The van der Waals surface area contributed by atoms with Gasteiger partial charge in [0, 0.05) is 35.7 Å². The molecule has 0 spiro atoms. The van der Waals surface area contributed by atoms with Crippen LogP contribution >= 0.6 is 0 Å².